The van der Waals surface area contributed by atoms with Gasteiger partial charge in [0.2, 0.25) is 0 Å². The van der Waals surface area contributed by atoms with Gasteiger partial charge in [-0.2, -0.15) is 4.98 Å². The van der Waals surface area contributed by atoms with Crippen molar-refractivity contribution in [2.45, 2.75) is 6.42 Å². The molecule has 0 atom stereocenters. The van der Waals surface area contributed by atoms with Crippen LogP contribution in [0.3, 0.4) is 0 Å². The molecule has 1 aromatic carbocycles. The summed E-state index contributed by atoms with van der Waals surface area (Å²) >= 11 is 1.42. The van der Waals surface area contributed by atoms with Crippen LogP contribution < -0.4 is 0 Å². The minimum atomic E-state index is -0.0192. The van der Waals surface area contributed by atoms with Crippen molar-refractivity contribution in [3.8, 4) is 11.5 Å². The lowest BCUT2D eigenvalue weighted by Crippen LogP contribution is -2.40. The van der Waals surface area contributed by atoms with E-state index in [0.717, 1.165) is 5.56 Å². The predicted molar refractivity (Wildman–Crippen MR) is 111 cm³/mol. The number of carbonyl (C=O) groups is 2. The SMILES string of the molecule is CN(CCc1noc(-c2ccc(C(=O)N3CCOCC3)cc2)n1)C(=O)c1cccs1. The Morgan fingerprint density at radius 3 is 2.63 bits per heavy atom. The van der Waals surface area contributed by atoms with E-state index >= 15 is 0 Å². The van der Waals surface area contributed by atoms with Crippen LogP contribution in [0.5, 0.6) is 0 Å². The number of nitrogens with zero attached hydrogens (tertiary/aromatic N) is 4. The molecule has 0 radical (unpaired) electrons. The molecule has 8 nitrogen and oxygen atoms in total. The topological polar surface area (TPSA) is 88.8 Å². The van der Waals surface area contributed by atoms with E-state index in [-0.39, 0.29) is 11.8 Å². The van der Waals surface area contributed by atoms with Gasteiger partial charge in [0.05, 0.1) is 18.1 Å². The number of benzene rings is 1. The fourth-order valence-electron chi connectivity index (χ4n) is 3.13. The molecule has 0 unspecified atom stereocenters. The van der Waals surface area contributed by atoms with Gasteiger partial charge < -0.3 is 19.1 Å². The summed E-state index contributed by atoms with van der Waals surface area (Å²) in [6, 6.07) is 10.8. The summed E-state index contributed by atoms with van der Waals surface area (Å²) in [6.07, 6.45) is 0.491. The number of ether oxygens (including phenoxy) is 1. The highest BCUT2D eigenvalue weighted by atomic mass is 32.1. The van der Waals surface area contributed by atoms with E-state index in [1.165, 1.54) is 11.3 Å². The molecule has 1 aliphatic heterocycles. The van der Waals surface area contributed by atoms with Crippen LogP contribution in [-0.4, -0.2) is 71.7 Å². The molecule has 0 N–H and O–H groups in total. The number of rotatable bonds is 6. The Kier molecular flexibility index (Phi) is 6.20. The Morgan fingerprint density at radius 2 is 1.93 bits per heavy atom. The van der Waals surface area contributed by atoms with Gasteiger partial charge in [0.15, 0.2) is 5.82 Å². The zero-order valence-corrected chi connectivity index (χ0v) is 17.4. The Labute approximate surface area is 178 Å². The summed E-state index contributed by atoms with van der Waals surface area (Å²) in [6.45, 7) is 2.85. The molecule has 1 aliphatic rings. The summed E-state index contributed by atoms with van der Waals surface area (Å²) in [7, 11) is 1.76. The van der Waals surface area contributed by atoms with Crippen molar-refractivity contribution in [3.05, 3.63) is 58.0 Å². The first kappa shape index (κ1) is 20.2. The van der Waals surface area contributed by atoms with Crippen molar-refractivity contribution in [2.24, 2.45) is 0 Å². The largest absolute Gasteiger partial charge is 0.378 e. The number of amides is 2. The maximum atomic E-state index is 12.5. The van der Waals surface area contributed by atoms with Gasteiger partial charge in [-0.1, -0.05) is 11.2 Å². The third-order valence-corrected chi connectivity index (χ3v) is 5.75. The molecule has 2 aromatic heterocycles. The molecule has 4 rings (SSSR count). The van der Waals surface area contributed by atoms with Gasteiger partial charge in [-0.25, -0.2) is 0 Å². The maximum absolute atomic E-state index is 12.5. The number of carbonyl (C=O) groups excluding carboxylic acids is 2. The quantitative estimate of drug-likeness (QED) is 0.602. The van der Waals surface area contributed by atoms with Gasteiger partial charge in [-0.3, -0.25) is 9.59 Å². The lowest BCUT2D eigenvalue weighted by atomic mass is 10.1. The van der Waals surface area contributed by atoms with Gasteiger partial charge in [0.1, 0.15) is 0 Å². The standard InChI is InChI=1S/C21H22N4O4S/c1-24(21(27)17-3-2-14-30-17)9-8-18-22-19(29-23-18)15-4-6-16(7-5-15)20(26)25-10-12-28-13-11-25/h2-7,14H,8-13H2,1H3. The summed E-state index contributed by atoms with van der Waals surface area (Å²) in [5.41, 5.74) is 1.37. The molecule has 1 fully saturated rings. The molecule has 1 saturated heterocycles. The van der Waals surface area contributed by atoms with Crippen LogP contribution in [0.1, 0.15) is 25.9 Å². The van der Waals surface area contributed by atoms with Gasteiger partial charge in [0.25, 0.3) is 17.7 Å². The van der Waals surface area contributed by atoms with Gasteiger partial charge >= 0.3 is 0 Å². The third kappa shape index (κ3) is 4.58. The first-order valence-corrected chi connectivity index (χ1v) is 10.6. The highest BCUT2D eigenvalue weighted by Gasteiger charge is 2.19. The Morgan fingerprint density at radius 1 is 1.17 bits per heavy atom. The van der Waals surface area contributed by atoms with E-state index in [4.69, 9.17) is 9.26 Å². The zero-order valence-electron chi connectivity index (χ0n) is 16.6. The van der Waals surface area contributed by atoms with Crippen LogP contribution in [0, 0.1) is 0 Å². The highest BCUT2D eigenvalue weighted by Crippen LogP contribution is 2.19. The summed E-state index contributed by atoms with van der Waals surface area (Å²) in [5.74, 6) is 0.899. The van der Waals surface area contributed by atoms with Crippen LogP contribution >= 0.6 is 11.3 Å². The molecule has 0 bridgehead atoms. The van der Waals surface area contributed by atoms with Crippen LogP contribution in [0.2, 0.25) is 0 Å². The van der Waals surface area contributed by atoms with E-state index in [1.54, 1.807) is 41.1 Å². The van der Waals surface area contributed by atoms with Crippen LogP contribution in [0.25, 0.3) is 11.5 Å². The van der Waals surface area contributed by atoms with Crippen LogP contribution in [0.4, 0.5) is 0 Å². The second-order valence-electron chi connectivity index (χ2n) is 6.95. The second-order valence-corrected chi connectivity index (χ2v) is 7.90. The number of hydrogen-bond donors (Lipinski definition) is 0. The van der Waals surface area contributed by atoms with Gasteiger partial charge in [0, 0.05) is 44.2 Å². The minimum Gasteiger partial charge on any atom is -0.378 e. The maximum Gasteiger partial charge on any atom is 0.263 e. The van der Waals surface area contributed by atoms with Crippen molar-refractivity contribution in [3.63, 3.8) is 0 Å². The number of hydrogen-bond acceptors (Lipinski definition) is 7. The molecule has 0 saturated carbocycles. The van der Waals surface area contributed by atoms with Crippen LogP contribution in [0.15, 0.2) is 46.3 Å². The van der Waals surface area contributed by atoms with E-state index in [1.807, 2.05) is 17.5 Å². The number of aromatic nitrogens is 2. The first-order chi connectivity index (χ1) is 14.6. The van der Waals surface area contributed by atoms with Gasteiger partial charge in [-0.15, -0.1) is 11.3 Å². The Bertz CT molecular complexity index is 994. The average molecular weight is 426 g/mol. The highest BCUT2D eigenvalue weighted by molar-refractivity contribution is 7.12. The summed E-state index contributed by atoms with van der Waals surface area (Å²) in [5, 5.41) is 5.89. The smallest absolute Gasteiger partial charge is 0.263 e. The fourth-order valence-corrected chi connectivity index (χ4v) is 3.85. The lowest BCUT2D eigenvalue weighted by Gasteiger charge is -2.26. The van der Waals surface area contributed by atoms with Crippen molar-refractivity contribution in [1.29, 1.82) is 0 Å². The molecule has 30 heavy (non-hydrogen) atoms. The predicted octanol–water partition coefficient (Wildman–Crippen LogP) is 2.59. The molecule has 3 aromatic rings. The molecule has 2 amide bonds. The number of likely N-dealkylation sites (N-methyl/N-ethyl adjacent to an activating group) is 1. The molecule has 9 heteroatoms. The molecule has 156 valence electrons. The Balaban J connectivity index is 1.35. The number of morpholine rings is 1. The fraction of sp³-hybridized carbons (Fsp3) is 0.333. The van der Waals surface area contributed by atoms with Crippen molar-refractivity contribution >= 4 is 23.2 Å². The third-order valence-electron chi connectivity index (χ3n) is 4.89. The van der Waals surface area contributed by atoms with E-state index in [9.17, 15) is 9.59 Å². The van der Waals surface area contributed by atoms with Crippen molar-refractivity contribution in [1.82, 2.24) is 19.9 Å². The lowest BCUT2D eigenvalue weighted by molar-refractivity contribution is 0.0303. The van der Waals surface area contributed by atoms with E-state index in [0.29, 0.717) is 61.4 Å². The van der Waals surface area contributed by atoms with E-state index < -0.39 is 0 Å². The summed E-state index contributed by atoms with van der Waals surface area (Å²) in [4.78, 5) is 33.4. The minimum absolute atomic E-state index is 0.00508. The second kappa shape index (κ2) is 9.19. The van der Waals surface area contributed by atoms with E-state index in [2.05, 4.69) is 10.1 Å². The molecule has 3 heterocycles. The van der Waals surface area contributed by atoms with Crippen LogP contribution in [-0.2, 0) is 11.2 Å². The normalized spacial score (nSPS) is 14.0. The Hall–Kier alpha value is -3.04. The monoisotopic (exact) mass is 426 g/mol. The molecular formula is C21H22N4O4S. The van der Waals surface area contributed by atoms with Crippen molar-refractivity contribution in [2.75, 3.05) is 39.9 Å². The summed E-state index contributed by atoms with van der Waals surface area (Å²) < 4.78 is 10.6. The zero-order chi connectivity index (χ0) is 20.9. The number of thiophene rings is 1. The van der Waals surface area contributed by atoms with Crippen molar-refractivity contribution < 1.29 is 18.8 Å². The molecule has 0 spiro atoms. The molecule has 0 aliphatic carbocycles. The van der Waals surface area contributed by atoms with Gasteiger partial charge in [-0.05, 0) is 35.7 Å². The average Bonchev–Trinajstić information content (AvgIpc) is 3.49. The molecular weight excluding hydrogens is 404 g/mol. The first-order valence-electron chi connectivity index (χ1n) is 9.71.